The van der Waals surface area contributed by atoms with Gasteiger partial charge in [0.2, 0.25) is 0 Å². The van der Waals surface area contributed by atoms with Gasteiger partial charge in [0.15, 0.2) is 5.78 Å². The molecule has 1 atom stereocenters. The fraction of sp³-hybridized carbons (Fsp3) is 0.522. The third-order valence-electron chi connectivity index (χ3n) is 5.52. The maximum absolute atomic E-state index is 11.5. The zero-order chi connectivity index (χ0) is 19.9. The van der Waals surface area contributed by atoms with Crippen LogP contribution in [-0.4, -0.2) is 55.9 Å². The second kappa shape index (κ2) is 10.2. The lowest BCUT2D eigenvalue weighted by Gasteiger charge is -2.34. The Labute approximate surface area is 173 Å². The highest BCUT2D eigenvalue weighted by molar-refractivity contribution is 7.12. The number of carbonyl (C=O) groups is 1. The van der Waals surface area contributed by atoms with Gasteiger partial charge < -0.3 is 14.5 Å². The molecule has 0 radical (unpaired) electrons. The summed E-state index contributed by atoms with van der Waals surface area (Å²) in [7, 11) is 3.94. The Morgan fingerprint density at radius 1 is 1.36 bits per heavy atom. The van der Waals surface area contributed by atoms with E-state index in [1.165, 1.54) is 37.1 Å². The number of methoxy groups -OCH3 is 1. The molecule has 0 amide bonds. The quantitative estimate of drug-likeness (QED) is 0.586. The summed E-state index contributed by atoms with van der Waals surface area (Å²) in [5.74, 6) is 1.87. The number of likely N-dealkylation sites (tertiary alicyclic amines) is 1. The summed E-state index contributed by atoms with van der Waals surface area (Å²) >= 11 is 1.56. The zero-order valence-electron chi connectivity index (χ0n) is 17.3. The van der Waals surface area contributed by atoms with Gasteiger partial charge in [-0.25, -0.2) is 0 Å². The average Bonchev–Trinajstić information content (AvgIpc) is 3.15. The first-order chi connectivity index (χ1) is 13.5. The minimum Gasteiger partial charge on any atom is -0.496 e. The smallest absolute Gasteiger partial charge is 0.169 e. The van der Waals surface area contributed by atoms with E-state index in [1.54, 1.807) is 25.4 Å². The molecule has 1 fully saturated rings. The van der Waals surface area contributed by atoms with E-state index >= 15 is 0 Å². The summed E-state index contributed by atoms with van der Waals surface area (Å²) in [6, 6.07) is 10.4. The van der Waals surface area contributed by atoms with E-state index in [-0.39, 0.29) is 5.78 Å². The predicted molar refractivity (Wildman–Crippen MR) is 117 cm³/mol. The number of para-hydroxylation sites is 1. The van der Waals surface area contributed by atoms with Crippen LogP contribution in [-0.2, 0) is 13.0 Å². The van der Waals surface area contributed by atoms with E-state index in [0.29, 0.717) is 5.92 Å². The van der Waals surface area contributed by atoms with Crippen molar-refractivity contribution in [3.05, 3.63) is 51.7 Å². The van der Waals surface area contributed by atoms with E-state index in [4.69, 9.17) is 4.74 Å². The van der Waals surface area contributed by atoms with Crippen molar-refractivity contribution in [3.63, 3.8) is 0 Å². The lowest BCUT2D eigenvalue weighted by Crippen LogP contribution is -2.40. The number of Topliss-reactive ketones (excluding diaryl/α,β-unsaturated/α-hetero) is 1. The van der Waals surface area contributed by atoms with Crippen LogP contribution in [0.25, 0.3) is 0 Å². The standard InChI is InChI=1S/C23H32N2O2S/c1-18(26)23-13-20(17-28-23)15-24(2)14-19-7-6-11-25(16-19)12-10-21-8-4-5-9-22(21)27-3/h4-5,8-9,13,17,19H,6-7,10-12,14-16H2,1-3H3. The van der Waals surface area contributed by atoms with E-state index < -0.39 is 0 Å². The van der Waals surface area contributed by atoms with Crippen LogP contribution in [0.1, 0.15) is 40.6 Å². The molecule has 0 spiro atoms. The fourth-order valence-corrected chi connectivity index (χ4v) is 4.96. The average molecular weight is 401 g/mol. The number of nitrogens with zero attached hydrogens (tertiary/aromatic N) is 2. The molecular formula is C23H32N2O2S. The molecule has 0 saturated carbocycles. The molecule has 152 valence electrons. The van der Waals surface area contributed by atoms with Gasteiger partial charge in [-0.1, -0.05) is 18.2 Å². The van der Waals surface area contributed by atoms with Crippen LogP contribution in [0.15, 0.2) is 35.7 Å². The monoisotopic (exact) mass is 400 g/mol. The molecule has 2 heterocycles. The van der Waals surface area contributed by atoms with Gasteiger partial charge >= 0.3 is 0 Å². The predicted octanol–water partition coefficient (Wildman–Crippen LogP) is 4.35. The van der Waals surface area contributed by atoms with Crippen LogP contribution in [0.2, 0.25) is 0 Å². The molecule has 1 unspecified atom stereocenters. The number of ether oxygens (including phenoxy) is 1. The van der Waals surface area contributed by atoms with E-state index in [0.717, 1.165) is 36.7 Å². The van der Waals surface area contributed by atoms with Crippen molar-refractivity contribution in [2.24, 2.45) is 5.92 Å². The topological polar surface area (TPSA) is 32.8 Å². The molecule has 1 aliphatic rings. The first-order valence-electron chi connectivity index (χ1n) is 10.2. The number of hydrogen-bond donors (Lipinski definition) is 0. The summed E-state index contributed by atoms with van der Waals surface area (Å²) < 4.78 is 5.49. The molecular weight excluding hydrogens is 368 g/mol. The number of ketones is 1. The van der Waals surface area contributed by atoms with Crippen LogP contribution in [0.4, 0.5) is 0 Å². The lowest BCUT2D eigenvalue weighted by atomic mass is 9.97. The van der Waals surface area contributed by atoms with Crippen molar-refractivity contribution < 1.29 is 9.53 Å². The molecule has 4 nitrogen and oxygen atoms in total. The first-order valence-corrected chi connectivity index (χ1v) is 11.0. The van der Waals surface area contributed by atoms with E-state index in [9.17, 15) is 4.79 Å². The highest BCUT2D eigenvalue weighted by atomic mass is 32.1. The Hall–Kier alpha value is -1.69. The van der Waals surface area contributed by atoms with Gasteiger partial charge in [-0.2, -0.15) is 0 Å². The van der Waals surface area contributed by atoms with E-state index in [2.05, 4.69) is 34.4 Å². The molecule has 1 saturated heterocycles. The maximum atomic E-state index is 11.5. The number of piperidine rings is 1. The minimum absolute atomic E-state index is 0.164. The zero-order valence-corrected chi connectivity index (χ0v) is 18.1. The molecule has 1 aliphatic heterocycles. The Kier molecular flexibility index (Phi) is 7.65. The summed E-state index contributed by atoms with van der Waals surface area (Å²) in [4.78, 5) is 17.4. The first kappa shape index (κ1) is 21.0. The van der Waals surface area contributed by atoms with Gasteiger partial charge in [0.25, 0.3) is 0 Å². The van der Waals surface area contributed by atoms with Crippen LogP contribution >= 0.6 is 11.3 Å². The summed E-state index contributed by atoms with van der Waals surface area (Å²) in [5.41, 5.74) is 2.55. The SMILES string of the molecule is COc1ccccc1CCN1CCCC(CN(C)Cc2csc(C(C)=O)c2)C1. The highest BCUT2D eigenvalue weighted by Gasteiger charge is 2.21. The molecule has 5 heteroatoms. The minimum atomic E-state index is 0.164. The van der Waals surface area contributed by atoms with Crippen molar-refractivity contribution in [2.45, 2.75) is 32.7 Å². The number of rotatable bonds is 9. The number of hydrogen-bond acceptors (Lipinski definition) is 5. The molecule has 0 aliphatic carbocycles. The third kappa shape index (κ3) is 5.90. The van der Waals surface area contributed by atoms with Gasteiger partial charge in [-0.05, 0) is 74.3 Å². The fourth-order valence-electron chi connectivity index (χ4n) is 4.15. The van der Waals surface area contributed by atoms with Crippen LogP contribution in [0.3, 0.4) is 0 Å². The van der Waals surface area contributed by atoms with Crippen LogP contribution < -0.4 is 4.74 Å². The van der Waals surface area contributed by atoms with Gasteiger partial charge in [0.05, 0.1) is 12.0 Å². The number of carbonyl (C=O) groups excluding carboxylic acids is 1. The second-order valence-corrected chi connectivity index (χ2v) is 8.85. The summed E-state index contributed by atoms with van der Waals surface area (Å²) in [6.45, 7) is 7.12. The molecule has 0 N–H and O–H groups in total. The Bertz CT molecular complexity index is 773. The van der Waals surface area contributed by atoms with Gasteiger partial charge in [-0.15, -0.1) is 11.3 Å². The van der Waals surface area contributed by atoms with Crippen molar-refractivity contribution in [2.75, 3.05) is 40.3 Å². The Morgan fingerprint density at radius 2 is 2.18 bits per heavy atom. The largest absolute Gasteiger partial charge is 0.496 e. The van der Waals surface area contributed by atoms with Crippen molar-refractivity contribution in [1.82, 2.24) is 9.80 Å². The van der Waals surface area contributed by atoms with Crippen molar-refractivity contribution in [3.8, 4) is 5.75 Å². The molecule has 28 heavy (non-hydrogen) atoms. The van der Waals surface area contributed by atoms with Gasteiger partial charge in [0, 0.05) is 26.2 Å². The molecule has 1 aromatic carbocycles. The lowest BCUT2D eigenvalue weighted by molar-refractivity contribution is 0.102. The van der Waals surface area contributed by atoms with Crippen LogP contribution in [0, 0.1) is 5.92 Å². The number of thiophene rings is 1. The third-order valence-corrected chi connectivity index (χ3v) is 6.60. The van der Waals surface area contributed by atoms with Gasteiger partial charge in [0.1, 0.15) is 5.75 Å². The van der Waals surface area contributed by atoms with Gasteiger partial charge in [-0.3, -0.25) is 4.79 Å². The second-order valence-electron chi connectivity index (χ2n) is 7.94. The Morgan fingerprint density at radius 3 is 2.93 bits per heavy atom. The normalized spacial score (nSPS) is 17.8. The van der Waals surface area contributed by atoms with E-state index in [1.807, 2.05) is 18.2 Å². The van der Waals surface area contributed by atoms with Crippen molar-refractivity contribution >= 4 is 17.1 Å². The van der Waals surface area contributed by atoms with Crippen LogP contribution in [0.5, 0.6) is 5.75 Å². The maximum Gasteiger partial charge on any atom is 0.169 e. The molecule has 1 aromatic heterocycles. The molecule has 2 aromatic rings. The summed E-state index contributed by atoms with van der Waals surface area (Å²) in [6.07, 6.45) is 3.62. The summed E-state index contributed by atoms with van der Waals surface area (Å²) in [5, 5.41) is 2.12. The highest BCUT2D eigenvalue weighted by Crippen LogP contribution is 2.22. The Balaban J connectivity index is 1.46. The molecule has 3 rings (SSSR count). The number of benzene rings is 1. The van der Waals surface area contributed by atoms with Crippen molar-refractivity contribution in [1.29, 1.82) is 0 Å². The molecule has 0 bridgehead atoms.